The maximum atomic E-state index is 11.0. The average Bonchev–Trinajstić information content (AvgIpc) is 2.71. The largest absolute Gasteiger partial charge is 0.464 e. The number of fused-ring (bicyclic) bond motifs is 1. The van der Waals surface area contributed by atoms with Crippen LogP contribution in [0, 0.1) is 0 Å². The van der Waals surface area contributed by atoms with Crippen LogP contribution >= 0.6 is 0 Å². The van der Waals surface area contributed by atoms with Gasteiger partial charge in [0.2, 0.25) is 0 Å². The molecule has 2 rings (SSSR count). The van der Waals surface area contributed by atoms with Crippen molar-refractivity contribution in [1.29, 1.82) is 0 Å². The zero-order valence-corrected chi connectivity index (χ0v) is 11.2. The van der Waals surface area contributed by atoms with Crippen molar-refractivity contribution in [3.05, 3.63) is 36.1 Å². The number of hydrogen-bond donors (Lipinski definition) is 1. The first kappa shape index (κ1) is 13.1. The first-order chi connectivity index (χ1) is 8.56. The molecule has 1 heterocycles. The lowest BCUT2D eigenvalue weighted by atomic mass is 10.2. The third-order valence-electron chi connectivity index (χ3n) is 2.75. The van der Waals surface area contributed by atoms with Gasteiger partial charge in [0.15, 0.2) is 0 Å². The van der Waals surface area contributed by atoms with Crippen LogP contribution in [0.2, 0.25) is 0 Å². The highest BCUT2D eigenvalue weighted by atomic mass is 32.2. The molecular formula is C13H17NO3S. The summed E-state index contributed by atoms with van der Waals surface area (Å²) in [7, 11) is -2.85. The SMILES string of the molecule is CS(=O)(=O)CCCNCc1coc2ccccc12. The predicted molar refractivity (Wildman–Crippen MR) is 72.2 cm³/mol. The van der Waals surface area contributed by atoms with E-state index in [4.69, 9.17) is 4.42 Å². The lowest BCUT2D eigenvalue weighted by Gasteiger charge is -2.02. The Hall–Kier alpha value is -1.33. The number of furan rings is 1. The van der Waals surface area contributed by atoms with Crippen LogP contribution < -0.4 is 5.32 Å². The maximum Gasteiger partial charge on any atom is 0.147 e. The number of benzene rings is 1. The third kappa shape index (κ3) is 3.58. The molecule has 0 aliphatic carbocycles. The highest BCUT2D eigenvalue weighted by Gasteiger charge is 2.05. The summed E-state index contributed by atoms with van der Waals surface area (Å²) in [5, 5.41) is 4.33. The van der Waals surface area contributed by atoms with E-state index < -0.39 is 9.84 Å². The summed E-state index contributed by atoms with van der Waals surface area (Å²) in [4.78, 5) is 0. The first-order valence-corrected chi connectivity index (χ1v) is 7.96. The molecule has 0 spiro atoms. The zero-order valence-electron chi connectivity index (χ0n) is 10.3. The molecule has 0 fully saturated rings. The van der Waals surface area contributed by atoms with Crippen molar-refractivity contribution in [2.24, 2.45) is 0 Å². The number of hydrogen-bond acceptors (Lipinski definition) is 4. The molecule has 0 unspecified atom stereocenters. The summed E-state index contributed by atoms with van der Waals surface area (Å²) in [6.45, 7) is 1.38. The maximum absolute atomic E-state index is 11.0. The van der Waals surface area contributed by atoms with Crippen LogP contribution in [-0.4, -0.2) is 27.0 Å². The summed E-state index contributed by atoms with van der Waals surface area (Å²) < 4.78 is 27.3. The van der Waals surface area contributed by atoms with Crippen molar-refractivity contribution in [3.8, 4) is 0 Å². The second kappa shape index (κ2) is 5.54. The zero-order chi connectivity index (χ0) is 13.0. The lowest BCUT2D eigenvalue weighted by Crippen LogP contribution is -2.17. The monoisotopic (exact) mass is 267 g/mol. The van der Waals surface area contributed by atoms with Gasteiger partial charge in [-0.25, -0.2) is 8.42 Å². The van der Waals surface area contributed by atoms with E-state index in [9.17, 15) is 8.42 Å². The van der Waals surface area contributed by atoms with Gasteiger partial charge in [-0.15, -0.1) is 0 Å². The third-order valence-corrected chi connectivity index (χ3v) is 3.78. The molecule has 0 atom stereocenters. The number of nitrogens with one attached hydrogen (secondary N) is 1. The molecule has 0 radical (unpaired) electrons. The Balaban J connectivity index is 1.84. The molecule has 2 aromatic rings. The lowest BCUT2D eigenvalue weighted by molar-refractivity contribution is 0.589. The number of sulfone groups is 1. The van der Waals surface area contributed by atoms with Gasteiger partial charge in [0.1, 0.15) is 15.4 Å². The van der Waals surface area contributed by atoms with E-state index in [1.165, 1.54) is 6.26 Å². The average molecular weight is 267 g/mol. The molecule has 0 saturated carbocycles. The van der Waals surface area contributed by atoms with Crippen LogP contribution in [-0.2, 0) is 16.4 Å². The Labute approximate surface area is 107 Å². The minimum Gasteiger partial charge on any atom is -0.464 e. The number of rotatable bonds is 6. The van der Waals surface area contributed by atoms with Crippen LogP contribution in [0.15, 0.2) is 34.9 Å². The van der Waals surface area contributed by atoms with Gasteiger partial charge in [-0.2, -0.15) is 0 Å². The summed E-state index contributed by atoms with van der Waals surface area (Å²) in [5.41, 5.74) is 1.98. The van der Waals surface area contributed by atoms with Gasteiger partial charge in [-0.3, -0.25) is 0 Å². The molecule has 1 aromatic heterocycles. The predicted octanol–water partition coefficient (Wildman–Crippen LogP) is 1.96. The minimum atomic E-state index is -2.85. The first-order valence-electron chi connectivity index (χ1n) is 5.90. The van der Waals surface area contributed by atoms with Crippen molar-refractivity contribution in [1.82, 2.24) is 5.32 Å². The van der Waals surface area contributed by atoms with E-state index in [1.807, 2.05) is 24.3 Å². The second-order valence-corrected chi connectivity index (χ2v) is 6.68. The molecule has 98 valence electrons. The standard InChI is InChI=1S/C13H17NO3S/c1-18(15,16)8-4-7-14-9-11-10-17-13-6-3-2-5-12(11)13/h2-3,5-6,10,14H,4,7-9H2,1H3. The fourth-order valence-corrected chi connectivity index (χ4v) is 2.52. The second-order valence-electron chi connectivity index (χ2n) is 4.42. The van der Waals surface area contributed by atoms with Crippen molar-refractivity contribution in [2.45, 2.75) is 13.0 Å². The smallest absolute Gasteiger partial charge is 0.147 e. The van der Waals surface area contributed by atoms with Gasteiger partial charge in [0, 0.05) is 23.8 Å². The van der Waals surface area contributed by atoms with Crippen LogP contribution in [0.3, 0.4) is 0 Å². The van der Waals surface area contributed by atoms with Gasteiger partial charge in [-0.1, -0.05) is 18.2 Å². The molecule has 0 saturated heterocycles. The van der Waals surface area contributed by atoms with Crippen LogP contribution in [0.25, 0.3) is 11.0 Å². The molecule has 5 heteroatoms. The van der Waals surface area contributed by atoms with E-state index in [0.29, 0.717) is 19.5 Å². The van der Waals surface area contributed by atoms with Crippen molar-refractivity contribution in [3.63, 3.8) is 0 Å². The molecule has 4 nitrogen and oxygen atoms in total. The summed E-state index contributed by atoms with van der Waals surface area (Å²) in [6.07, 6.45) is 3.64. The van der Waals surface area contributed by atoms with E-state index in [-0.39, 0.29) is 5.75 Å². The van der Waals surface area contributed by atoms with Crippen LogP contribution in [0.5, 0.6) is 0 Å². The van der Waals surface area contributed by atoms with Crippen LogP contribution in [0.1, 0.15) is 12.0 Å². The van der Waals surface area contributed by atoms with E-state index >= 15 is 0 Å². The molecule has 0 bridgehead atoms. The molecule has 1 N–H and O–H groups in total. The van der Waals surface area contributed by atoms with Gasteiger partial charge in [0.05, 0.1) is 12.0 Å². The Morgan fingerprint density at radius 1 is 1.28 bits per heavy atom. The fraction of sp³-hybridized carbons (Fsp3) is 0.385. The summed E-state index contributed by atoms with van der Waals surface area (Å²) in [6, 6.07) is 7.87. The molecule has 0 aliphatic rings. The Morgan fingerprint density at radius 2 is 2.06 bits per heavy atom. The Bertz CT molecular complexity index is 616. The van der Waals surface area contributed by atoms with Crippen molar-refractivity contribution < 1.29 is 12.8 Å². The molecular weight excluding hydrogens is 250 g/mol. The Kier molecular flexibility index (Phi) is 4.04. The van der Waals surface area contributed by atoms with Crippen LogP contribution in [0.4, 0.5) is 0 Å². The molecule has 1 aromatic carbocycles. The Morgan fingerprint density at radius 3 is 2.83 bits per heavy atom. The van der Waals surface area contributed by atoms with Gasteiger partial charge in [0.25, 0.3) is 0 Å². The normalized spacial score (nSPS) is 12.1. The fourth-order valence-electron chi connectivity index (χ4n) is 1.85. The van der Waals surface area contributed by atoms with Gasteiger partial charge in [-0.05, 0) is 19.0 Å². The molecule has 0 aliphatic heterocycles. The highest BCUT2D eigenvalue weighted by molar-refractivity contribution is 7.90. The van der Waals surface area contributed by atoms with E-state index in [1.54, 1.807) is 6.26 Å². The van der Waals surface area contributed by atoms with E-state index in [2.05, 4.69) is 5.32 Å². The number of para-hydroxylation sites is 1. The highest BCUT2D eigenvalue weighted by Crippen LogP contribution is 2.20. The minimum absolute atomic E-state index is 0.228. The van der Waals surface area contributed by atoms with E-state index in [0.717, 1.165) is 16.5 Å². The summed E-state index contributed by atoms with van der Waals surface area (Å²) >= 11 is 0. The topological polar surface area (TPSA) is 59.3 Å². The molecule has 18 heavy (non-hydrogen) atoms. The van der Waals surface area contributed by atoms with Crippen molar-refractivity contribution in [2.75, 3.05) is 18.6 Å². The summed E-state index contributed by atoms with van der Waals surface area (Å²) in [5.74, 6) is 0.228. The quantitative estimate of drug-likeness (QED) is 0.813. The van der Waals surface area contributed by atoms with Gasteiger partial charge >= 0.3 is 0 Å². The van der Waals surface area contributed by atoms with Gasteiger partial charge < -0.3 is 9.73 Å². The van der Waals surface area contributed by atoms with Crippen molar-refractivity contribution >= 4 is 20.8 Å². The molecule has 0 amide bonds.